The summed E-state index contributed by atoms with van der Waals surface area (Å²) >= 11 is 5.84. The summed E-state index contributed by atoms with van der Waals surface area (Å²) in [5.41, 5.74) is 3.94. The van der Waals surface area contributed by atoms with Gasteiger partial charge in [-0.25, -0.2) is 9.37 Å². The SMILES string of the molecule is CC[C@H](C)[C@@H](CN(Cc1cccc(F)c1)C(=S)Nc1ccc(OC)cc1)NC(=O)Cc1cncn1Cc1ccc(C#N)cc1. The summed E-state index contributed by atoms with van der Waals surface area (Å²) in [4.78, 5) is 19.6. The fraction of sp³-hybridized carbons (Fsp3) is 0.294. The van der Waals surface area contributed by atoms with Gasteiger partial charge in [0.05, 0.1) is 31.5 Å². The van der Waals surface area contributed by atoms with Crippen LogP contribution in [0.5, 0.6) is 5.75 Å². The summed E-state index contributed by atoms with van der Waals surface area (Å²) < 4.78 is 21.3. The Kier molecular flexibility index (Phi) is 11.4. The first-order valence-electron chi connectivity index (χ1n) is 14.5. The van der Waals surface area contributed by atoms with E-state index in [1.54, 1.807) is 37.8 Å². The maximum Gasteiger partial charge on any atom is 0.226 e. The van der Waals surface area contributed by atoms with Gasteiger partial charge in [0.1, 0.15) is 11.6 Å². The monoisotopic (exact) mass is 612 g/mol. The first kappa shape index (κ1) is 32.2. The van der Waals surface area contributed by atoms with Crippen LogP contribution in [0.15, 0.2) is 85.3 Å². The van der Waals surface area contributed by atoms with Crippen LogP contribution in [0, 0.1) is 23.1 Å². The number of thiocarbonyl (C=S) groups is 1. The molecule has 0 bridgehead atoms. The Morgan fingerprint density at radius 2 is 1.89 bits per heavy atom. The number of amides is 1. The van der Waals surface area contributed by atoms with Crippen molar-refractivity contribution in [2.24, 2.45) is 5.92 Å². The zero-order valence-electron chi connectivity index (χ0n) is 25.2. The molecule has 8 nitrogen and oxygen atoms in total. The summed E-state index contributed by atoms with van der Waals surface area (Å²) in [5.74, 6) is 0.426. The molecule has 0 aliphatic carbocycles. The summed E-state index contributed by atoms with van der Waals surface area (Å²) in [7, 11) is 1.61. The van der Waals surface area contributed by atoms with Gasteiger partial charge in [-0.15, -0.1) is 0 Å². The molecule has 0 unspecified atom stereocenters. The largest absolute Gasteiger partial charge is 0.497 e. The molecule has 44 heavy (non-hydrogen) atoms. The standard InChI is InChI=1S/C34H37FN6O2S/c1-4-24(2)32(39-33(42)17-30-19-37-23-41(30)20-26-10-8-25(18-36)9-11-26)22-40(21-27-6-5-7-28(35)16-27)34(44)38-29-12-14-31(43-3)15-13-29/h5-16,19,23-24,32H,4,17,20-22H2,1-3H3,(H,38,44)(H,39,42)/t24-,32+/m0/s1. The third-order valence-corrected chi connectivity index (χ3v) is 7.92. The smallest absolute Gasteiger partial charge is 0.226 e. The number of anilines is 1. The number of halogens is 1. The minimum absolute atomic E-state index is 0.128. The minimum atomic E-state index is -0.319. The molecule has 10 heteroatoms. The minimum Gasteiger partial charge on any atom is -0.497 e. The van der Waals surface area contributed by atoms with E-state index >= 15 is 0 Å². The number of carbonyl (C=O) groups excluding carboxylic acids is 1. The number of rotatable bonds is 13. The number of aromatic nitrogens is 2. The highest BCUT2D eigenvalue weighted by Gasteiger charge is 2.24. The van der Waals surface area contributed by atoms with Crippen LogP contribution in [0.2, 0.25) is 0 Å². The van der Waals surface area contributed by atoms with Gasteiger partial charge >= 0.3 is 0 Å². The lowest BCUT2D eigenvalue weighted by Crippen LogP contribution is -2.50. The third-order valence-electron chi connectivity index (χ3n) is 7.56. The highest BCUT2D eigenvalue weighted by Crippen LogP contribution is 2.19. The van der Waals surface area contributed by atoms with Crippen molar-refractivity contribution >= 4 is 28.9 Å². The van der Waals surface area contributed by atoms with Crippen molar-refractivity contribution in [3.63, 3.8) is 0 Å². The first-order chi connectivity index (χ1) is 21.3. The van der Waals surface area contributed by atoms with Gasteiger partial charge in [0, 0.05) is 43.3 Å². The van der Waals surface area contributed by atoms with Crippen LogP contribution in [-0.2, 0) is 24.3 Å². The molecule has 0 aliphatic rings. The Morgan fingerprint density at radius 3 is 2.55 bits per heavy atom. The van der Waals surface area contributed by atoms with E-state index in [0.29, 0.717) is 30.3 Å². The van der Waals surface area contributed by atoms with E-state index in [9.17, 15) is 9.18 Å². The van der Waals surface area contributed by atoms with E-state index in [-0.39, 0.29) is 30.1 Å². The average Bonchev–Trinajstić information content (AvgIpc) is 3.46. The fourth-order valence-electron chi connectivity index (χ4n) is 4.78. The summed E-state index contributed by atoms with van der Waals surface area (Å²) in [6.07, 6.45) is 4.40. The van der Waals surface area contributed by atoms with E-state index in [1.165, 1.54) is 12.1 Å². The van der Waals surface area contributed by atoms with Gasteiger partial charge in [0.2, 0.25) is 5.91 Å². The zero-order valence-corrected chi connectivity index (χ0v) is 26.0. The molecule has 0 saturated heterocycles. The van der Waals surface area contributed by atoms with Gasteiger partial charge < -0.3 is 24.8 Å². The number of nitrogens with one attached hydrogen (secondary N) is 2. The number of imidazole rings is 1. The predicted octanol–water partition coefficient (Wildman–Crippen LogP) is 5.92. The number of carbonyl (C=O) groups is 1. The number of benzene rings is 3. The molecular formula is C34H37FN6O2S. The number of nitriles is 1. The van der Waals surface area contributed by atoms with Crippen molar-refractivity contribution in [1.29, 1.82) is 5.26 Å². The zero-order chi connectivity index (χ0) is 31.5. The molecular weight excluding hydrogens is 575 g/mol. The van der Waals surface area contributed by atoms with Crippen LogP contribution in [-0.4, -0.2) is 45.2 Å². The van der Waals surface area contributed by atoms with Gasteiger partial charge in [-0.05, 0) is 77.8 Å². The van der Waals surface area contributed by atoms with Crippen LogP contribution in [0.4, 0.5) is 10.1 Å². The topological polar surface area (TPSA) is 95.2 Å². The number of ether oxygens (including phenoxy) is 1. The Labute approximate surface area is 263 Å². The van der Waals surface area contributed by atoms with Gasteiger partial charge in [-0.2, -0.15) is 5.26 Å². The van der Waals surface area contributed by atoms with Crippen molar-refractivity contribution in [3.8, 4) is 11.8 Å². The lowest BCUT2D eigenvalue weighted by molar-refractivity contribution is -0.121. The third kappa shape index (κ3) is 9.12. The molecule has 2 atom stereocenters. The van der Waals surface area contributed by atoms with Gasteiger partial charge in [0.25, 0.3) is 0 Å². The van der Waals surface area contributed by atoms with Crippen molar-refractivity contribution in [3.05, 3.63) is 114 Å². The van der Waals surface area contributed by atoms with E-state index in [1.807, 2.05) is 51.9 Å². The molecule has 1 aromatic heterocycles. The maximum atomic E-state index is 14.1. The Bertz CT molecular complexity index is 1580. The predicted molar refractivity (Wildman–Crippen MR) is 174 cm³/mol. The lowest BCUT2D eigenvalue weighted by Gasteiger charge is -2.33. The lowest BCUT2D eigenvalue weighted by atomic mass is 9.98. The van der Waals surface area contributed by atoms with Gasteiger partial charge in [-0.1, -0.05) is 44.5 Å². The van der Waals surface area contributed by atoms with E-state index < -0.39 is 0 Å². The summed E-state index contributed by atoms with van der Waals surface area (Å²) in [6, 6.07) is 23.1. The number of methoxy groups -OCH3 is 1. The molecule has 0 fully saturated rings. The molecule has 228 valence electrons. The molecule has 0 aliphatic heterocycles. The number of hydrogen-bond donors (Lipinski definition) is 2. The van der Waals surface area contributed by atoms with E-state index in [4.69, 9.17) is 22.2 Å². The van der Waals surface area contributed by atoms with Crippen molar-refractivity contribution in [1.82, 2.24) is 19.8 Å². The second-order valence-electron chi connectivity index (χ2n) is 10.7. The maximum absolute atomic E-state index is 14.1. The molecule has 4 aromatic rings. The summed E-state index contributed by atoms with van der Waals surface area (Å²) in [5, 5.41) is 16.1. The molecule has 0 spiro atoms. The second-order valence-corrected chi connectivity index (χ2v) is 11.1. The molecule has 2 N–H and O–H groups in total. The quantitative estimate of drug-likeness (QED) is 0.181. The van der Waals surface area contributed by atoms with Gasteiger partial charge in [-0.3, -0.25) is 4.79 Å². The Balaban J connectivity index is 1.48. The number of hydrogen-bond acceptors (Lipinski definition) is 5. The summed E-state index contributed by atoms with van der Waals surface area (Å²) in [6.45, 7) is 5.50. The second kappa shape index (κ2) is 15.6. The fourth-order valence-corrected chi connectivity index (χ4v) is 5.04. The first-order valence-corrected chi connectivity index (χ1v) is 14.9. The van der Waals surface area contributed by atoms with E-state index in [2.05, 4.69) is 35.5 Å². The molecule has 3 aromatic carbocycles. The Morgan fingerprint density at radius 1 is 1.14 bits per heavy atom. The molecule has 4 rings (SSSR count). The average molecular weight is 613 g/mol. The van der Waals surface area contributed by atoms with Crippen LogP contribution < -0.4 is 15.4 Å². The van der Waals surface area contributed by atoms with Crippen molar-refractivity contribution in [2.45, 2.75) is 45.8 Å². The molecule has 0 radical (unpaired) electrons. The van der Waals surface area contributed by atoms with Crippen molar-refractivity contribution < 1.29 is 13.9 Å². The molecule has 1 heterocycles. The molecule has 0 saturated carbocycles. The molecule has 1 amide bonds. The van der Waals surface area contributed by atoms with Crippen LogP contribution in [0.3, 0.4) is 0 Å². The van der Waals surface area contributed by atoms with Gasteiger partial charge in [0.15, 0.2) is 5.11 Å². The number of nitrogens with zero attached hydrogens (tertiary/aromatic N) is 4. The Hall–Kier alpha value is -4.75. The normalized spacial score (nSPS) is 12.1. The van der Waals surface area contributed by atoms with E-state index in [0.717, 1.165) is 34.7 Å². The highest BCUT2D eigenvalue weighted by molar-refractivity contribution is 7.80. The van der Waals surface area contributed by atoms with Crippen LogP contribution in [0.25, 0.3) is 0 Å². The highest BCUT2D eigenvalue weighted by atomic mass is 32.1. The van der Waals surface area contributed by atoms with Crippen molar-refractivity contribution in [2.75, 3.05) is 19.0 Å². The van der Waals surface area contributed by atoms with Crippen LogP contribution >= 0.6 is 12.2 Å². The van der Waals surface area contributed by atoms with Crippen LogP contribution in [0.1, 0.15) is 42.7 Å².